The van der Waals surface area contributed by atoms with Crippen LogP contribution < -0.4 is 10.6 Å². The maximum atomic E-state index is 12.2. The number of piperidine rings is 2. The van der Waals surface area contributed by atoms with Crippen LogP contribution in [0.2, 0.25) is 0 Å². The number of rotatable bonds is 4. The highest BCUT2D eigenvalue weighted by Crippen LogP contribution is 2.22. The van der Waals surface area contributed by atoms with Crippen LogP contribution in [-0.2, 0) is 11.3 Å². The van der Waals surface area contributed by atoms with Crippen molar-refractivity contribution in [3.63, 3.8) is 0 Å². The summed E-state index contributed by atoms with van der Waals surface area (Å²) >= 11 is 1.55. The molecule has 2 N–H and O–H groups in total. The van der Waals surface area contributed by atoms with Crippen LogP contribution in [0.1, 0.15) is 38.3 Å². The smallest absolute Gasteiger partial charge is 0.229 e. The second-order valence-electron chi connectivity index (χ2n) is 6.62. The zero-order chi connectivity index (χ0) is 15.4. The molecule has 1 aromatic rings. The van der Waals surface area contributed by atoms with E-state index >= 15 is 0 Å². The summed E-state index contributed by atoms with van der Waals surface area (Å²) in [5, 5.41) is 9.12. The SMILES string of the molecule is CC1CCN(Cc2csc(NC(=O)C3CCNCC3)n2)CC1.Cl. The van der Waals surface area contributed by atoms with E-state index < -0.39 is 0 Å². The van der Waals surface area contributed by atoms with E-state index in [9.17, 15) is 4.79 Å². The lowest BCUT2D eigenvalue weighted by atomic mass is 9.97. The Morgan fingerprint density at radius 1 is 1.35 bits per heavy atom. The third-order valence-corrected chi connectivity index (χ3v) is 5.56. The van der Waals surface area contributed by atoms with Gasteiger partial charge in [0.25, 0.3) is 0 Å². The quantitative estimate of drug-likeness (QED) is 0.868. The molecule has 0 radical (unpaired) electrons. The Hall–Kier alpha value is -0.690. The molecule has 3 rings (SSSR count). The van der Waals surface area contributed by atoms with Gasteiger partial charge in [-0.25, -0.2) is 4.98 Å². The molecule has 0 saturated carbocycles. The topological polar surface area (TPSA) is 57.3 Å². The highest BCUT2D eigenvalue weighted by atomic mass is 35.5. The maximum absolute atomic E-state index is 12.2. The number of amides is 1. The molecule has 0 spiro atoms. The minimum atomic E-state index is 0. The number of halogens is 1. The predicted molar refractivity (Wildman–Crippen MR) is 97.3 cm³/mol. The van der Waals surface area contributed by atoms with E-state index in [-0.39, 0.29) is 24.2 Å². The van der Waals surface area contributed by atoms with Crippen molar-refractivity contribution in [3.05, 3.63) is 11.1 Å². The fourth-order valence-corrected chi connectivity index (χ4v) is 3.88. The standard InChI is InChI=1S/C16H26N4OS.ClH/c1-12-4-8-20(9-5-12)10-14-11-22-16(18-14)19-15(21)13-2-6-17-7-3-13;/h11-13,17H,2-10H2,1H3,(H,18,19,21);1H. The van der Waals surface area contributed by atoms with Crippen molar-refractivity contribution in [2.75, 3.05) is 31.5 Å². The summed E-state index contributed by atoms with van der Waals surface area (Å²) < 4.78 is 0. The van der Waals surface area contributed by atoms with Crippen molar-refractivity contribution in [2.24, 2.45) is 11.8 Å². The van der Waals surface area contributed by atoms with E-state index in [1.807, 2.05) is 0 Å². The lowest BCUT2D eigenvalue weighted by molar-refractivity contribution is -0.120. The number of aromatic nitrogens is 1. The highest BCUT2D eigenvalue weighted by molar-refractivity contribution is 7.13. The predicted octanol–water partition coefficient (Wildman–Crippen LogP) is 2.73. The molecule has 3 heterocycles. The number of hydrogen-bond acceptors (Lipinski definition) is 5. The van der Waals surface area contributed by atoms with Gasteiger partial charge in [-0.15, -0.1) is 23.7 Å². The maximum Gasteiger partial charge on any atom is 0.229 e. The first-order chi connectivity index (χ1) is 10.7. The van der Waals surface area contributed by atoms with Gasteiger partial charge in [0, 0.05) is 17.8 Å². The molecule has 1 aromatic heterocycles. The monoisotopic (exact) mass is 358 g/mol. The fraction of sp³-hybridized carbons (Fsp3) is 0.750. The third-order valence-electron chi connectivity index (χ3n) is 4.75. The van der Waals surface area contributed by atoms with Crippen LogP contribution in [0.5, 0.6) is 0 Å². The Balaban J connectivity index is 0.00000192. The first-order valence-electron chi connectivity index (χ1n) is 8.39. The minimum absolute atomic E-state index is 0. The van der Waals surface area contributed by atoms with Gasteiger partial charge < -0.3 is 10.6 Å². The Bertz CT molecular complexity index is 496. The van der Waals surface area contributed by atoms with Crippen molar-refractivity contribution >= 4 is 34.8 Å². The van der Waals surface area contributed by atoms with Crippen LogP contribution in [0.3, 0.4) is 0 Å². The number of carbonyl (C=O) groups excluding carboxylic acids is 1. The summed E-state index contributed by atoms with van der Waals surface area (Å²) in [6.07, 6.45) is 4.42. The summed E-state index contributed by atoms with van der Waals surface area (Å²) in [5.74, 6) is 1.12. The van der Waals surface area contributed by atoms with Crippen molar-refractivity contribution in [3.8, 4) is 0 Å². The molecule has 2 aliphatic rings. The number of nitrogens with zero attached hydrogens (tertiary/aromatic N) is 2. The van der Waals surface area contributed by atoms with Gasteiger partial charge in [0.1, 0.15) is 0 Å². The molecule has 130 valence electrons. The minimum Gasteiger partial charge on any atom is -0.317 e. The van der Waals surface area contributed by atoms with Crippen LogP contribution in [0.15, 0.2) is 5.38 Å². The van der Waals surface area contributed by atoms with Crippen LogP contribution in [0.4, 0.5) is 5.13 Å². The number of hydrogen-bond donors (Lipinski definition) is 2. The number of nitrogens with one attached hydrogen (secondary N) is 2. The summed E-state index contributed by atoms with van der Waals surface area (Å²) in [6.45, 7) is 7.44. The average Bonchev–Trinajstić information content (AvgIpc) is 2.97. The molecular formula is C16H27ClN4OS. The van der Waals surface area contributed by atoms with E-state index in [1.54, 1.807) is 11.3 Å². The van der Waals surface area contributed by atoms with E-state index in [4.69, 9.17) is 0 Å². The van der Waals surface area contributed by atoms with Gasteiger partial charge in [0.05, 0.1) is 5.69 Å². The second-order valence-corrected chi connectivity index (χ2v) is 7.47. The molecule has 2 saturated heterocycles. The van der Waals surface area contributed by atoms with Gasteiger partial charge in [-0.2, -0.15) is 0 Å². The van der Waals surface area contributed by atoms with Gasteiger partial charge in [-0.1, -0.05) is 6.92 Å². The highest BCUT2D eigenvalue weighted by Gasteiger charge is 2.22. The molecule has 0 aliphatic carbocycles. The van der Waals surface area contributed by atoms with Crippen LogP contribution in [-0.4, -0.2) is 42.0 Å². The van der Waals surface area contributed by atoms with Gasteiger partial charge in [0.15, 0.2) is 5.13 Å². The number of carbonyl (C=O) groups is 1. The van der Waals surface area contributed by atoms with Crippen LogP contribution in [0.25, 0.3) is 0 Å². The molecule has 5 nitrogen and oxygen atoms in total. The number of likely N-dealkylation sites (tertiary alicyclic amines) is 1. The number of thiazole rings is 1. The van der Waals surface area contributed by atoms with E-state index in [2.05, 4.69) is 32.8 Å². The van der Waals surface area contributed by atoms with E-state index in [1.165, 1.54) is 12.8 Å². The average molecular weight is 359 g/mol. The molecule has 2 fully saturated rings. The van der Waals surface area contributed by atoms with Gasteiger partial charge >= 0.3 is 0 Å². The van der Waals surface area contributed by atoms with Crippen molar-refractivity contribution in [2.45, 2.75) is 39.2 Å². The second kappa shape index (κ2) is 8.97. The lowest BCUT2D eigenvalue weighted by Gasteiger charge is -2.29. The molecule has 0 atom stereocenters. The van der Waals surface area contributed by atoms with Crippen molar-refractivity contribution < 1.29 is 4.79 Å². The van der Waals surface area contributed by atoms with Gasteiger partial charge in [0.2, 0.25) is 5.91 Å². The molecule has 7 heteroatoms. The zero-order valence-electron chi connectivity index (χ0n) is 13.7. The molecule has 23 heavy (non-hydrogen) atoms. The first-order valence-corrected chi connectivity index (χ1v) is 9.27. The summed E-state index contributed by atoms with van der Waals surface area (Å²) in [7, 11) is 0. The Morgan fingerprint density at radius 3 is 2.74 bits per heavy atom. The van der Waals surface area contributed by atoms with E-state index in [0.29, 0.717) is 0 Å². The zero-order valence-corrected chi connectivity index (χ0v) is 15.3. The molecular weight excluding hydrogens is 332 g/mol. The molecule has 1 amide bonds. The molecule has 2 aliphatic heterocycles. The molecule has 0 unspecified atom stereocenters. The largest absolute Gasteiger partial charge is 0.317 e. The van der Waals surface area contributed by atoms with Crippen molar-refractivity contribution in [1.29, 1.82) is 0 Å². The van der Waals surface area contributed by atoms with Crippen molar-refractivity contribution in [1.82, 2.24) is 15.2 Å². The fourth-order valence-electron chi connectivity index (χ4n) is 3.18. The molecule has 0 aromatic carbocycles. The Labute approximate surface area is 148 Å². The Kier molecular flexibility index (Phi) is 7.27. The summed E-state index contributed by atoms with van der Waals surface area (Å²) in [6, 6.07) is 0. The van der Waals surface area contributed by atoms with Crippen LogP contribution >= 0.6 is 23.7 Å². The molecule has 0 bridgehead atoms. The summed E-state index contributed by atoms with van der Waals surface area (Å²) in [5.41, 5.74) is 1.08. The number of anilines is 1. The third kappa shape index (κ3) is 5.41. The van der Waals surface area contributed by atoms with Gasteiger partial charge in [-0.05, 0) is 57.8 Å². The normalized spacial score (nSPS) is 20.9. The lowest BCUT2D eigenvalue weighted by Crippen LogP contribution is -2.34. The first kappa shape index (κ1) is 18.6. The van der Waals surface area contributed by atoms with Gasteiger partial charge in [-0.3, -0.25) is 9.69 Å². The van der Waals surface area contributed by atoms with E-state index in [0.717, 1.165) is 62.3 Å². The Morgan fingerprint density at radius 2 is 2.04 bits per heavy atom. The summed E-state index contributed by atoms with van der Waals surface area (Å²) in [4.78, 5) is 19.3. The van der Waals surface area contributed by atoms with Crippen LogP contribution in [0, 0.1) is 11.8 Å².